The second-order valence-electron chi connectivity index (χ2n) is 7.05. The number of rotatable bonds is 8. The topological polar surface area (TPSA) is 84.2 Å². The van der Waals surface area contributed by atoms with Crippen LogP contribution in [-0.2, 0) is 11.2 Å². The lowest BCUT2D eigenvalue weighted by Crippen LogP contribution is -2.36. The van der Waals surface area contributed by atoms with Gasteiger partial charge in [0, 0.05) is 30.1 Å². The maximum atomic E-state index is 12.2. The molecule has 2 amide bonds. The summed E-state index contributed by atoms with van der Waals surface area (Å²) in [4.78, 5) is 24.2. The van der Waals surface area contributed by atoms with Crippen LogP contribution in [0.1, 0.15) is 59.5 Å². The van der Waals surface area contributed by atoms with Crippen molar-refractivity contribution >= 4 is 11.8 Å². The fourth-order valence-corrected chi connectivity index (χ4v) is 2.79. The minimum Gasteiger partial charge on any atom is -0.361 e. The first-order valence-electron chi connectivity index (χ1n) is 9.11. The first-order valence-corrected chi connectivity index (χ1v) is 9.11. The molecule has 0 radical (unpaired) electrons. The molecular weight excluding hydrogens is 330 g/mol. The van der Waals surface area contributed by atoms with Crippen LogP contribution in [0.25, 0.3) is 0 Å². The number of nitrogens with one attached hydrogen (secondary N) is 2. The molecule has 3 rings (SSSR count). The number of hydrogen-bond donors (Lipinski definition) is 2. The Morgan fingerprint density at radius 2 is 2.12 bits per heavy atom. The van der Waals surface area contributed by atoms with Gasteiger partial charge in [0.2, 0.25) is 5.91 Å². The Hall–Kier alpha value is -2.63. The number of aryl methyl sites for hydroxylation is 1. The van der Waals surface area contributed by atoms with Crippen LogP contribution in [0, 0.1) is 6.92 Å². The number of amides is 2. The lowest BCUT2D eigenvalue weighted by Gasteiger charge is -2.14. The van der Waals surface area contributed by atoms with E-state index in [1.54, 1.807) is 6.07 Å². The second kappa shape index (κ2) is 8.17. The summed E-state index contributed by atoms with van der Waals surface area (Å²) < 4.78 is 5.25. The van der Waals surface area contributed by atoms with Crippen molar-refractivity contribution in [2.45, 2.75) is 51.5 Å². The zero-order valence-corrected chi connectivity index (χ0v) is 15.2. The highest BCUT2D eigenvalue weighted by molar-refractivity contribution is 5.94. The number of carbonyl (C=O) groups is 2. The highest BCUT2D eigenvalue weighted by atomic mass is 16.5. The molecule has 6 nitrogen and oxygen atoms in total. The zero-order valence-electron chi connectivity index (χ0n) is 15.2. The molecule has 1 aliphatic carbocycles. The predicted molar refractivity (Wildman–Crippen MR) is 97.9 cm³/mol. The molecule has 0 saturated heterocycles. The van der Waals surface area contributed by atoms with Crippen molar-refractivity contribution in [1.82, 2.24) is 15.8 Å². The molecule has 1 aliphatic rings. The molecule has 0 bridgehead atoms. The molecule has 138 valence electrons. The quantitative estimate of drug-likeness (QED) is 0.762. The van der Waals surface area contributed by atoms with E-state index in [-0.39, 0.29) is 24.3 Å². The number of carbonyl (C=O) groups excluding carboxylic acids is 2. The van der Waals surface area contributed by atoms with Gasteiger partial charge < -0.3 is 15.2 Å². The van der Waals surface area contributed by atoms with Gasteiger partial charge in [0.25, 0.3) is 5.91 Å². The second-order valence-corrected chi connectivity index (χ2v) is 7.05. The van der Waals surface area contributed by atoms with Gasteiger partial charge in [0.15, 0.2) is 0 Å². The average Bonchev–Trinajstić information content (AvgIpc) is 3.35. The number of hydrogen-bond acceptors (Lipinski definition) is 4. The largest absolute Gasteiger partial charge is 0.361 e. The van der Waals surface area contributed by atoms with Crippen LogP contribution in [0.2, 0.25) is 0 Å². The summed E-state index contributed by atoms with van der Waals surface area (Å²) in [6.45, 7) is 4.39. The van der Waals surface area contributed by atoms with Crippen molar-refractivity contribution in [1.29, 1.82) is 0 Å². The van der Waals surface area contributed by atoms with Crippen molar-refractivity contribution in [2.75, 3.05) is 6.54 Å². The van der Waals surface area contributed by atoms with Crippen molar-refractivity contribution < 1.29 is 14.1 Å². The minimum absolute atomic E-state index is 0.0307. The molecule has 1 aromatic heterocycles. The summed E-state index contributed by atoms with van der Waals surface area (Å²) in [5, 5.41) is 9.77. The van der Waals surface area contributed by atoms with Crippen LogP contribution in [0.5, 0.6) is 0 Å². The van der Waals surface area contributed by atoms with Gasteiger partial charge in [0.05, 0.1) is 12.1 Å². The van der Waals surface area contributed by atoms with Crippen molar-refractivity contribution in [2.24, 2.45) is 0 Å². The van der Waals surface area contributed by atoms with Crippen LogP contribution < -0.4 is 10.6 Å². The summed E-state index contributed by atoms with van der Waals surface area (Å²) in [6.07, 6.45) is 3.18. The Kier molecular flexibility index (Phi) is 5.71. The minimum atomic E-state index is -0.0947. The van der Waals surface area contributed by atoms with Crippen LogP contribution >= 0.6 is 0 Å². The summed E-state index contributed by atoms with van der Waals surface area (Å²) >= 11 is 0. The molecular formula is C20H25N3O3. The van der Waals surface area contributed by atoms with E-state index in [0.29, 0.717) is 30.1 Å². The summed E-state index contributed by atoms with van der Waals surface area (Å²) in [7, 11) is 0. The molecule has 0 spiro atoms. The SMILES string of the molecule is Cc1cccc(C(=O)N[C@@H](C)CCNC(=O)Cc2cc(C3CC3)on2)c1. The van der Waals surface area contributed by atoms with Gasteiger partial charge >= 0.3 is 0 Å². The third kappa shape index (κ3) is 5.18. The normalized spacial score (nSPS) is 14.7. The van der Waals surface area contributed by atoms with Crippen molar-refractivity contribution in [3.05, 3.63) is 52.9 Å². The molecule has 0 unspecified atom stereocenters. The molecule has 1 saturated carbocycles. The maximum absolute atomic E-state index is 12.2. The monoisotopic (exact) mass is 355 g/mol. The maximum Gasteiger partial charge on any atom is 0.251 e. The molecule has 26 heavy (non-hydrogen) atoms. The first-order chi connectivity index (χ1) is 12.5. The third-order valence-corrected chi connectivity index (χ3v) is 4.46. The van der Waals surface area contributed by atoms with E-state index in [2.05, 4.69) is 15.8 Å². The van der Waals surface area contributed by atoms with E-state index < -0.39 is 0 Å². The summed E-state index contributed by atoms with van der Waals surface area (Å²) in [5.41, 5.74) is 2.37. The third-order valence-electron chi connectivity index (χ3n) is 4.46. The van der Waals surface area contributed by atoms with E-state index in [0.717, 1.165) is 24.2 Å². The van der Waals surface area contributed by atoms with Crippen LogP contribution in [0.3, 0.4) is 0 Å². The lowest BCUT2D eigenvalue weighted by molar-refractivity contribution is -0.120. The first kappa shape index (κ1) is 18.2. The predicted octanol–water partition coefficient (Wildman–Crippen LogP) is 2.73. The Morgan fingerprint density at radius 3 is 2.85 bits per heavy atom. The van der Waals surface area contributed by atoms with Gasteiger partial charge in [-0.2, -0.15) is 0 Å². The summed E-state index contributed by atoms with van der Waals surface area (Å²) in [5.74, 6) is 1.21. The Labute approximate surface area is 153 Å². The van der Waals surface area contributed by atoms with Crippen LogP contribution in [0.15, 0.2) is 34.9 Å². The molecule has 1 atom stereocenters. The van der Waals surface area contributed by atoms with Crippen LogP contribution in [0.4, 0.5) is 0 Å². The van der Waals surface area contributed by atoms with Crippen molar-refractivity contribution in [3.8, 4) is 0 Å². The van der Waals surface area contributed by atoms with Gasteiger partial charge in [0.1, 0.15) is 5.76 Å². The fraction of sp³-hybridized carbons (Fsp3) is 0.450. The molecule has 1 aromatic carbocycles. The van der Waals surface area contributed by atoms with Crippen LogP contribution in [-0.4, -0.2) is 29.6 Å². The van der Waals surface area contributed by atoms with E-state index in [1.807, 2.05) is 38.1 Å². The average molecular weight is 355 g/mol. The van der Waals surface area contributed by atoms with Crippen molar-refractivity contribution in [3.63, 3.8) is 0 Å². The van der Waals surface area contributed by atoms with Gasteiger partial charge in [-0.05, 0) is 45.2 Å². The molecule has 2 aromatic rings. The standard InChI is InChI=1S/C20H25N3O3/c1-13-4-3-5-16(10-13)20(25)22-14(2)8-9-21-19(24)12-17-11-18(26-23-17)15-6-7-15/h3-5,10-11,14-15H,6-9,12H2,1-2H3,(H,21,24)(H,22,25)/t14-/m0/s1. The van der Waals surface area contributed by atoms with E-state index in [4.69, 9.17) is 4.52 Å². The zero-order chi connectivity index (χ0) is 18.5. The fourth-order valence-electron chi connectivity index (χ4n) is 2.79. The molecule has 1 fully saturated rings. The van der Waals surface area contributed by atoms with Gasteiger partial charge in [-0.1, -0.05) is 22.9 Å². The highest BCUT2D eigenvalue weighted by Crippen LogP contribution is 2.40. The number of aromatic nitrogens is 1. The Balaban J connectivity index is 1.36. The van der Waals surface area contributed by atoms with Gasteiger partial charge in [-0.3, -0.25) is 9.59 Å². The van der Waals surface area contributed by atoms with E-state index >= 15 is 0 Å². The van der Waals surface area contributed by atoms with Gasteiger partial charge in [-0.15, -0.1) is 0 Å². The summed E-state index contributed by atoms with van der Waals surface area (Å²) in [6, 6.07) is 9.33. The lowest BCUT2D eigenvalue weighted by atomic mass is 10.1. The molecule has 6 heteroatoms. The molecule has 2 N–H and O–H groups in total. The number of nitrogens with zero attached hydrogens (tertiary/aromatic N) is 1. The molecule has 1 heterocycles. The Morgan fingerprint density at radius 1 is 1.31 bits per heavy atom. The highest BCUT2D eigenvalue weighted by Gasteiger charge is 2.28. The smallest absolute Gasteiger partial charge is 0.251 e. The number of benzene rings is 1. The van der Waals surface area contributed by atoms with Gasteiger partial charge in [-0.25, -0.2) is 0 Å². The van der Waals surface area contributed by atoms with E-state index in [9.17, 15) is 9.59 Å². The molecule has 0 aliphatic heterocycles. The van der Waals surface area contributed by atoms with E-state index in [1.165, 1.54) is 0 Å². The Bertz CT molecular complexity index is 780.